The minimum atomic E-state index is -0.123. The van der Waals surface area contributed by atoms with E-state index in [-0.39, 0.29) is 11.9 Å². The molecule has 0 saturated heterocycles. The van der Waals surface area contributed by atoms with Crippen LogP contribution in [0.15, 0.2) is 29.8 Å². The summed E-state index contributed by atoms with van der Waals surface area (Å²) in [6.07, 6.45) is 3.20. The molecule has 2 rings (SSSR count). The fourth-order valence-electron chi connectivity index (χ4n) is 2.21. The number of nitrogens with zero attached hydrogens (tertiary/aromatic N) is 1. The monoisotopic (exact) mass is 248 g/mol. The van der Waals surface area contributed by atoms with Crippen LogP contribution >= 0.6 is 0 Å². The summed E-state index contributed by atoms with van der Waals surface area (Å²) in [6, 6.07) is 5.72. The zero-order valence-corrected chi connectivity index (χ0v) is 11.3. The summed E-state index contributed by atoms with van der Waals surface area (Å²) in [7, 11) is 1.88. The summed E-state index contributed by atoms with van der Waals surface area (Å²) < 4.78 is 14.1. The van der Waals surface area contributed by atoms with Crippen LogP contribution in [-0.4, -0.2) is 20.1 Å². The van der Waals surface area contributed by atoms with Gasteiger partial charge >= 0.3 is 0 Å². The van der Waals surface area contributed by atoms with Crippen LogP contribution in [0.2, 0.25) is 0 Å². The maximum atomic E-state index is 14.1. The van der Waals surface area contributed by atoms with Gasteiger partial charge in [-0.25, -0.2) is 4.39 Å². The maximum Gasteiger partial charge on any atom is 0.146 e. The molecule has 1 heterocycles. The molecule has 1 aromatic carbocycles. The van der Waals surface area contributed by atoms with Crippen molar-refractivity contribution in [2.75, 3.05) is 25.0 Å². The van der Waals surface area contributed by atoms with E-state index in [1.54, 1.807) is 6.07 Å². The molecule has 1 aliphatic heterocycles. The predicted molar refractivity (Wildman–Crippen MR) is 74.5 cm³/mol. The highest BCUT2D eigenvalue weighted by molar-refractivity contribution is 5.51. The van der Waals surface area contributed by atoms with Gasteiger partial charge in [0, 0.05) is 19.1 Å². The first-order chi connectivity index (χ1) is 8.61. The van der Waals surface area contributed by atoms with Gasteiger partial charge in [-0.2, -0.15) is 0 Å². The van der Waals surface area contributed by atoms with Gasteiger partial charge in [-0.05, 0) is 45.0 Å². The van der Waals surface area contributed by atoms with Gasteiger partial charge in [-0.15, -0.1) is 0 Å². The predicted octanol–water partition coefficient (Wildman–Crippen LogP) is 3.26. The molecule has 0 bridgehead atoms. The smallest absolute Gasteiger partial charge is 0.146 e. The normalized spacial score (nSPS) is 17.6. The summed E-state index contributed by atoms with van der Waals surface area (Å²) in [5, 5.41) is 3.12. The molecule has 0 fully saturated rings. The third-order valence-corrected chi connectivity index (χ3v) is 3.68. The van der Waals surface area contributed by atoms with E-state index >= 15 is 0 Å². The van der Waals surface area contributed by atoms with Crippen molar-refractivity contribution in [1.29, 1.82) is 0 Å². The molecular weight excluding hydrogens is 227 g/mol. The molecule has 1 unspecified atom stereocenters. The molecule has 0 radical (unpaired) electrons. The standard InChI is InChI=1S/C15H21FN2/c1-11-6-8-18(9-7-11)15-5-4-13(10-14(15)16)12(2)17-3/h4-6,10,12,17H,7-9H2,1-3H3. The van der Waals surface area contributed by atoms with Gasteiger partial charge in [0.15, 0.2) is 0 Å². The molecule has 3 heteroatoms. The number of hydrogen-bond acceptors (Lipinski definition) is 2. The third-order valence-electron chi connectivity index (χ3n) is 3.68. The molecule has 98 valence electrons. The fourth-order valence-corrected chi connectivity index (χ4v) is 2.21. The quantitative estimate of drug-likeness (QED) is 0.826. The van der Waals surface area contributed by atoms with E-state index in [1.165, 1.54) is 5.57 Å². The molecule has 1 aromatic rings. The topological polar surface area (TPSA) is 15.3 Å². The first kappa shape index (κ1) is 13.1. The lowest BCUT2D eigenvalue weighted by atomic mass is 10.1. The lowest BCUT2D eigenvalue weighted by Crippen LogP contribution is -2.29. The van der Waals surface area contributed by atoms with Gasteiger partial charge in [-0.1, -0.05) is 17.7 Å². The molecule has 1 atom stereocenters. The highest BCUT2D eigenvalue weighted by atomic mass is 19.1. The molecule has 0 aliphatic carbocycles. The minimum Gasteiger partial charge on any atom is -0.365 e. The summed E-state index contributed by atoms with van der Waals surface area (Å²) in [5.74, 6) is -0.123. The van der Waals surface area contributed by atoms with Crippen molar-refractivity contribution in [2.45, 2.75) is 26.3 Å². The van der Waals surface area contributed by atoms with Gasteiger partial charge < -0.3 is 10.2 Å². The van der Waals surface area contributed by atoms with Gasteiger partial charge in [0.25, 0.3) is 0 Å². The first-order valence-corrected chi connectivity index (χ1v) is 6.49. The van der Waals surface area contributed by atoms with Gasteiger partial charge in [0.2, 0.25) is 0 Å². The number of hydrogen-bond donors (Lipinski definition) is 1. The van der Waals surface area contributed by atoms with Crippen LogP contribution < -0.4 is 10.2 Å². The highest BCUT2D eigenvalue weighted by Crippen LogP contribution is 2.25. The second-order valence-corrected chi connectivity index (χ2v) is 4.97. The zero-order chi connectivity index (χ0) is 13.1. The number of benzene rings is 1. The van der Waals surface area contributed by atoms with Gasteiger partial charge in [-0.3, -0.25) is 0 Å². The van der Waals surface area contributed by atoms with Crippen molar-refractivity contribution in [3.05, 3.63) is 41.2 Å². The third kappa shape index (κ3) is 2.72. The van der Waals surface area contributed by atoms with Crippen molar-refractivity contribution in [2.24, 2.45) is 0 Å². The molecule has 2 nitrogen and oxygen atoms in total. The molecular formula is C15H21FN2. The second kappa shape index (κ2) is 5.53. The van der Waals surface area contributed by atoms with Crippen molar-refractivity contribution in [3.63, 3.8) is 0 Å². The van der Waals surface area contributed by atoms with E-state index in [2.05, 4.69) is 23.2 Å². The number of halogens is 1. The van der Waals surface area contributed by atoms with Gasteiger partial charge in [0.1, 0.15) is 5.82 Å². The lowest BCUT2D eigenvalue weighted by Gasteiger charge is -2.28. The van der Waals surface area contributed by atoms with Gasteiger partial charge in [0.05, 0.1) is 5.69 Å². The summed E-state index contributed by atoms with van der Waals surface area (Å²) in [6.45, 7) is 5.87. The molecule has 1 aliphatic rings. The highest BCUT2D eigenvalue weighted by Gasteiger charge is 2.15. The molecule has 0 amide bonds. The molecule has 0 spiro atoms. The number of anilines is 1. The van der Waals surface area contributed by atoms with Crippen LogP contribution in [0.5, 0.6) is 0 Å². The molecule has 1 N–H and O–H groups in total. The van der Waals surface area contributed by atoms with Crippen LogP contribution in [-0.2, 0) is 0 Å². The minimum absolute atomic E-state index is 0.123. The second-order valence-electron chi connectivity index (χ2n) is 4.97. The molecule has 0 saturated carbocycles. The Morgan fingerprint density at radius 1 is 1.39 bits per heavy atom. The van der Waals surface area contributed by atoms with Crippen molar-refractivity contribution in [3.8, 4) is 0 Å². The Hall–Kier alpha value is -1.35. The Morgan fingerprint density at radius 3 is 2.72 bits per heavy atom. The summed E-state index contributed by atoms with van der Waals surface area (Å²) in [4.78, 5) is 2.09. The summed E-state index contributed by atoms with van der Waals surface area (Å²) >= 11 is 0. The largest absolute Gasteiger partial charge is 0.365 e. The average Bonchev–Trinajstić information content (AvgIpc) is 2.39. The van der Waals surface area contributed by atoms with E-state index in [4.69, 9.17) is 0 Å². The molecule has 18 heavy (non-hydrogen) atoms. The van der Waals surface area contributed by atoms with Crippen LogP contribution in [0.25, 0.3) is 0 Å². The van der Waals surface area contributed by atoms with Crippen molar-refractivity contribution in [1.82, 2.24) is 5.32 Å². The summed E-state index contributed by atoms with van der Waals surface area (Å²) in [5.41, 5.74) is 3.10. The Kier molecular flexibility index (Phi) is 4.02. The van der Waals surface area contributed by atoms with Crippen LogP contribution in [0.4, 0.5) is 10.1 Å². The van der Waals surface area contributed by atoms with E-state index in [9.17, 15) is 4.39 Å². The Bertz CT molecular complexity index is 454. The Balaban J connectivity index is 2.20. The number of rotatable bonds is 3. The van der Waals surface area contributed by atoms with E-state index < -0.39 is 0 Å². The fraction of sp³-hybridized carbons (Fsp3) is 0.467. The SMILES string of the molecule is CNC(C)c1ccc(N2CC=C(C)CC2)c(F)c1. The van der Waals surface area contributed by atoms with Crippen LogP contribution in [0.3, 0.4) is 0 Å². The molecule has 0 aromatic heterocycles. The van der Waals surface area contributed by atoms with Crippen LogP contribution in [0, 0.1) is 5.82 Å². The van der Waals surface area contributed by atoms with Crippen molar-refractivity contribution >= 4 is 5.69 Å². The Labute approximate surface area is 108 Å². The van der Waals surface area contributed by atoms with Crippen LogP contribution in [0.1, 0.15) is 31.9 Å². The first-order valence-electron chi connectivity index (χ1n) is 6.49. The van der Waals surface area contributed by atoms with Crippen molar-refractivity contribution < 1.29 is 4.39 Å². The lowest BCUT2D eigenvalue weighted by molar-refractivity contribution is 0.601. The van der Waals surface area contributed by atoms with E-state index in [0.29, 0.717) is 5.69 Å². The van der Waals surface area contributed by atoms with E-state index in [0.717, 1.165) is 25.1 Å². The van der Waals surface area contributed by atoms with E-state index in [1.807, 2.05) is 26.1 Å². The average molecular weight is 248 g/mol. The zero-order valence-electron chi connectivity index (χ0n) is 11.3. The Morgan fingerprint density at radius 2 is 2.17 bits per heavy atom. The maximum absolute atomic E-state index is 14.1. The number of nitrogens with one attached hydrogen (secondary N) is 1.